The molecule has 2 fully saturated rings. The summed E-state index contributed by atoms with van der Waals surface area (Å²) in [7, 11) is 3.18. The molecule has 0 spiro atoms. The summed E-state index contributed by atoms with van der Waals surface area (Å²) in [6.07, 6.45) is 13.1. The van der Waals surface area contributed by atoms with Crippen LogP contribution in [0.5, 0.6) is 11.8 Å². The van der Waals surface area contributed by atoms with Crippen LogP contribution in [0, 0.1) is 0 Å². The van der Waals surface area contributed by atoms with Gasteiger partial charge in [0, 0.05) is 59.2 Å². The summed E-state index contributed by atoms with van der Waals surface area (Å²) in [6, 6.07) is 15.8. The van der Waals surface area contributed by atoms with Crippen molar-refractivity contribution in [2.45, 2.75) is 63.1 Å². The summed E-state index contributed by atoms with van der Waals surface area (Å²) in [5.74, 6) is 1.01. The van der Waals surface area contributed by atoms with Gasteiger partial charge in [-0.25, -0.2) is 9.97 Å². The van der Waals surface area contributed by atoms with E-state index in [1.807, 2.05) is 48.7 Å². The molecule has 1 atom stereocenters. The van der Waals surface area contributed by atoms with Gasteiger partial charge < -0.3 is 20.1 Å². The average Bonchev–Trinajstić information content (AvgIpc) is 3.84. The molecule has 1 aliphatic heterocycles. The van der Waals surface area contributed by atoms with Crippen LogP contribution in [0.1, 0.15) is 55.5 Å². The zero-order valence-electron chi connectivity index (χ0n) is 27.9. The Hall–Kier alpha value is -4.64. The molecule has 1 saturated heterocycles. The average molecular weight is 711 g/mol. The van der Waals surface area contributed by atoms with E-state index >= 15 is 0 Å². The van der Waals surface area contributed by atoms with E-state index in [0.29, 0.717) is 69.4 Å². The number of nitrogens with one attached hydrogen (secondary N) is 2. The first-order valence-corrected chi connectivity index (χ1v) is 17.5. The van der Waals surface area contributed by atoms with Crippen LogP contribution in [-0.2, 0) is 23.3 Å². The Morgan fingerprint density at radius 3 is 2.02 bits per heavy atom. The van der Waals surface area contributed by atoms with E-state index in [1.54, 1.807) is 32.8 Å². The number of halogens is 2. The molecule has 1 aliphatic carbocycles. The molecule has 2 aliphatic rings. The molecule has 10 nitrogen and oxygen atoms in total. The number of pyridine rings is 1. The first-order valence-electron chi connectivity index (χ1n) is 16.7. The second-order valence-corrected chi connectivity index (χ2v) is 13.4. The highest BCUT2D eigenvalue weighted by Crippen LogP contribution is 2.46. The largest absolute Gasteiger partial charge is 0.480 e. The van der Waals surface area contributed by atoms with Crippen molar-refractivity contribution in [3.63, 3.8) is 0 Å². The molecule has 0 radical (unpaired) electrons. The van der Waals surface area contributed by atoms with E-state index in [0.717, 1.165) is 48.9 Å². The smallest absolute Gasteiger partial charge is 0.237 e. The van der Waals surface area contributed by atoms with Gasteiger partial charge in [-0.1, -0.05) is 65.7 Å². The van der Waals surface area contributed by atoms with Gasteiger partial charge in [-0.2, -0.15) is 0 Å². The molecule has 7 rings (SSSR count). The summed E-state index contributed by atoms with van der Waals surface area (Å²) in [5, 5.41) is 7.63. The van der Waals surface area contributed by atoms with Gasteiger partial charge in [0.2, 0.25) is 17.7 Å². The van der Waals surface area contributed by atoms with E-state index in [1.165, 1.54) is 5.56 Å². The first-order chi connectivity index (χ1) is 24.4. The number of amides is 1. The fraction of sp³-hybridized carbons (Fsp3) is 0.316. The number of carbonyl (C=O) groups is 1. The first kappa shape index (κ1) is 33.8. The van der Waals surface area contributed by atoms with Gasteiger partial charge in [0.1, 0.15) is 11.4 Å². The second-order valence-electron chi connectivity index (χ2n) is 12.6. The molecule has 4 heterocycles. The zero-order valence-corrected chi connectivity index (χ0v) is 29.4. The molecule has 50 heavy (non-hydrogen) atoms. The Kier molecular flexibility index (Phi) is 9.94. The van der Waals surface area contributed by atoms with Gasteiger partial charge >= 0.3 is 0 Å². The molecule has 256 valence electrons. The lowest BCUT2D eigenvalue weighted by Gasteiger charge is -2.18. The zero-order chi connectivity index (χ0) is 34.7. The van der Waals surface area contributed by atoms with Crippen molar-refractivity contribution in [2.75, 3.05) is 14.2 Å². The van der Waals surface area contributed by atoms with Crippen molar-refractivity contribution in [3.8, 4) is 45.4 Å². The third-order valence-electron chi connectivity index (χ3n) is 9.46. The normalized spacial score (nSPS) is 16.2. The molecule has 2 aromatic carbocycles. The quantitative estimate of drug-likeness (QED) is 0.129. The highest BCUT2D eigenvalue weighted by Gasteiger charge is 2.44. The van der Waals surface area contributed by atoms with Gasteiger partial charge in [0.15, 0.2) is 0 Å². The summed E-state index contributed by atoms with van der Waals surface area (Å²) < 4.78 is 11.3. The van der Waals surface area contributed by atoms with Gasteiger partial charge in [-0.3, -0.25) is 19.7 Å². The molecule has 3 aromatic heterocycles. The number of hydrogen-bond donors (Lipinski definition) is 2. The molecule has 12 heteroatoms. The monoisotopic (exact) mass is 709 g/mol. The van der Waals surface area contributed by atoms with Crippen LogP contribution >= 0.6 is 23.2 Å². The van der Waals surface area contributed by atoms with E-state index < -0.39 is 0 Å². The number of methoxy groups -OCH3 is 2. The van der Waals surface area contributed by atoms with E-state index in [2.05, 4.69) is 21.7 Å². The lowest BCUT2D eigenvalue weighted by atomic mass is 9.98. The summed E-state index contributed by atoms with van der Waals surface area (Å²) >= 11 is 14.2. The Labute approximate surface area is 301 Å². The highest BCUT2D eigenvalue weighted by molar-refractivity contribution is 6.39. The number of benzene rings is 2. The highest BCUT2D eigenvalue weighted by atomic mass is 35.5. The van der Waals surface area contributed by atoms with Crippen LogP contribution in [0.4, 0.5) is 0 Å². The van der Waals surface area contributed by atoms with Crippen LogP contribution in [0.3, 0.4) is 0 Å². The van der Waals surface area contributed by atoms with Crippen molar-refractivity contribution in [1.82, 2.24) is 35.6 Å². The lowest BCUT2D eigenvalue weighted by molar-refractivity contribution is -0.119. The maximum absolute atomic E-state index is 11.5. The molecular formula is C38H37Cl2N7O3. The third kappa shape index (κ3) is 7.01. The van der Waals surface area contributed by atoms with Crippen LogP contribution < -0.4 is 20.1 Å². The topological polar surface area (TPSA) is 124 Å². The van der Waals surface area contributed by atoms with E-state index in [9.17, 15) is 4.79 Å². The predicted octanol–water partition coefficient (Wildman–Crippen LogP) is 7.37. The Morgan fingerprint density at radius 1 is 0.840 bits per heavy atom. The van der Waals surface area contributed by atoms with Crippen molar-refractivity contribution in [2.24, 2.45) is 0 Å². The standard InChI is InChI=1S/C38H37Cl2N7O3/c1-49-36-29(13-3-8-24-14-15-33(48)45-24)42-20-30(46-36)27-11-4-9-25(34(27)39)26-10-5-12-28(35(26)40)31-21-43-32(37(47-31)50-2)22-44-38(16-17-38)23-7-6-18-41-19-23/h4-7,9-12,18-21,24,44H,3,8,13-17,22H2,1-2H3,(H,45,48)/t24-/m1/s1. The van der Waals surface area contributed by atoms with Gasteiger partial charge in [0.05, 0.1) is 48.0 Å². The number of rotatable bonds is 13. The van der Waals surface area contributed by atoms with E-state index in [-0.39, 0.29) is 17.5 Å². The number of aryl methyl sites for hydroxylation is 1. The maximum atomic E-state index is 11.5. The molecule has 0 bridgehead atoms. The number of ether oxygens (including phenoxy) is 2. The van der Waals surface area contributed by atoms with Gasteiger partial charge in [0.25, 0.3) is 0 Å². The van der Waals surface area contributed by atoms with Crippen LogP contribution in [0.2, 0.25) is 10.0 Å². The van der Waals surface area contributed by atoms with Crippen molar-refractivity contribution < 1.29 is 14.3 Å². The minimum absolute atomic E-state index is 0.0973. The van der Waals surface area contributed by atoms with Crippen molar-refractivity contribution in [3.05, 3.63) is 100 Å². The number of nitrogens with zero attached hydrogens (tertiary/aromatic N) is 5. The Balaban J connectivity index is 1.11. The van der Waals surface area contributed by atoms with Crippen molar-refractivity contribution in [1.29, 1.82) is 0 Å². The Morgan fingerprint density at radius 2 is 1.46 bits per heavy atom. The number of carbonyl (C=O) groups excluding carboxylic acids is 1. The van der Waals surface area contributed by atoms with Crippen LogP contribution in [-0.4, -0.2) is 51.1 Å². The minimum atomic E-state index is -0.0973. The van der Waals surface area contributed by atoms with E-state index in [4.69, 9.17) is 52.6 Å². The number of hydrogen-bond acceptors (Lipinski definition) is 9. The fourth-order valence-electron chi connectivity index (χ4n) is 6.55. The Bertz CT molecular complexity index is 2020. The summed E-state index contributed by atoms with van der Waals surface area (Å²) in [4.78, 5) is 34.8. The van der Waals surface area contributed by atoms with Crippen molar-refractivity contribution >= 4 is 29.1 Å². The minimum Gasteiger partial charge on any atom is -0.480 e. The molecule has 1 saturated carbocycles. The molecule has 0 unspecified atom stereocenters. The fourth-order valence-corrected chi connectivity index (χ4v) is 7.20. The molecule has 2 N–H and O–H groups in total. The molecule has 1 amide bonds. The molecular weight excluding hydrogens is 673 g/mol. The molecule has 5 aromatic rings. The maximum Gasteiger partial charge on any atom is 0.237 e. The summed E-state index contributed by atoms with van der Waals surface area (Å²) in [6.45, 7) is 0.496. The number of aromatic nitrogens is 5. The van der Waals surface area contributed by atoms with Gasteiger partial charge in [-0.05, 0) is 50.2 Å². The van der Waals surface area contributed by atoms with Gasteiger partial charge in [-0.15, -0.1) is 0 Å². The second kappa shape index (κ2) is 14.7. The predicted molar refractivity (Wildman–Crippen MR) is 193 cm³/mol. The van der Waals surface area contributed by atoms with Crippen LogP contribution in [0.25, 0.3) is 33.6 Å². The summed E-state index contributed by atoms with van der Waals surface area (Å²) in [5.41, 5.74) is 6.60. The van der Waals surface area contributed by atoms with Crippen LogP contribution in [0.15, 0.2) is 73.3 Å². The SMILES string of the molecule is COc1nc(-c2cccc(-c3cccc(-c4cnc(CNC5(c6cccnc6)CC5)c(OC)n4)c3Cl)c2Cl)cnc1CCC[C@@H]1CCC(=O)N1. The third-order valence-corrected chi connectivity index (χ3v) is 10.3. The lowest BCUT2D eigenvalue weighted by Crippen LogP contribution is -2.29.